The molecule has 0 unspecified atom stereocenters. The summed E-state index contributed by atoms with van der Waals surface area (Å²) in [4.78, 5) is 12.6. The third-order valence-electron chi connectivity index (χ3n) is 4.02. The third kappa shape index (κ3) is 3.66. The smallest absolute Gasteiger partial charge is 0.251 e. The number of carbonyl (C=O) groups excluding carboxylic acids is 1. The molecule has 0 spiro atoms. The van der Waals surface area contributed by atoms with Crippen molar-refractivity contribution in [2.75, 3.05) is 14.1 Å². The first-order chi connectivity index (χ1) is 11.2. The molecule has 0 radical (unpaired) electrons. The summed E-state index contributed by atoms with van der Waals surface area (Å²) < 4.78 is 25.9. The molecule has 5 nitrogen and oxygen atoms in total. The SMILES string of the molecule is Cc1cccc(C(=O)NCc2ccccc2S(=O)(=O)N(C)C)c1C. The average Bonchev–Trinajstić information content (AvgIpc) is 2.55. The highest BCUT2D eigenvalue weighted by Crippen LogP contribution is 2.19. The molecular weight excluding hydrogens is 324 g/mol. The summed E-state index contributed by atoms with van der Waals surface area (Å²) >= 11 is 0. The largest absolute Gasteiger partial charge is 0.348 e. The minimum absolute atomic E-state index is 0.148. The molecule has 2 aromatic rings. The summed E-state index contributed by atoms with van der Waals surface area (Å²) in [6, 6.07) is 12.2. The number of rotatable bonds is 5. The summed E-state index contributed by atoms with van der Waals surface area (Å²) in [5.74, 6) is -0.215. The van der Waals surface area contributed by atoms with Gasteiger partial charge in [0.1, 0.15) is 0 Å². The molecule has 0 saturated carbocycles. The van der Waals surface area contributed by atoms with E-state index >= 15 is 0 Å². The number of amides is 1. The molecule has 24 heavy (non-hydrogen) atoms. The zero-order valence-corrected chi connectivity index (χ0v) is 15.1. The van der Waals surface area contributed by atoms with Crippen LogP contribution in [0.25, 0.3) is 0 Å². The van der Waals surface area contributed by atoms with Crippen molar-refractivity contribution in [1.29, 1.82) is 0 Å². The van der Waals surface area contributed by atoms with E-state index in [-0.39, 0.29) is 17.3 Å². The van der Waals surface area contributed by atoms with E-state index in [1.807, 2.05) is 26.0 Å². The maximum absolute atomic E-state index is 12.4. The van der Waals surface area contributed by atoms with Gasteiger partial charge in [-0.2, -0.15) is 0 Å². The lowest BCUT2D eigenvalue weighted by atomic mass is 10.0. The summed E-state index contributed by atoms with van der Waals surface area (Å²) in [6.07, 6.45) is 0. The van der Waals surface area contributed by atoms with E-state index in [1.165, 1.54) is 18.4 Å². The number of sulfonamides is 1. The Morgan fingerprint density at radius 1 is 1.04 bits per heavy atom. The van der Waals surface area contributed by atoms with Gasteiger partial charge in [0.15, 0.2) is 0 Å². The Hall–Kier alpha value is -2.18. The van der Waals surface area contributed by atoms with Gasteiger partial charge in [0.05, 0.1) is 4.90 Å². The highest BCUT2D eigenvalue weighted by molar-refractivity contribution is 7.89. The standard InChI is InChI=1S/C18H22N2O3S/c1-13-8-7-10-16(14(13)2)18(21)19-12-15-9-5-6-11-17(15)24(22,23)20(3)4/h5-11H,12H2,1-4H3,(H,19,21). The minimum Gasteiger partial charge on any atom is -0.348 e. The number of hydrogen-bond acceptors (Lipinski definition) is 3. The molecule has 0 bridgehead atoms. The maximum atomic E-state index is 12.4. The van der Waals surface area contributed by atoms with Crippen molar-refractivity contribution in [2.24, 2.45) is 0 Å². The van der Waals surface area contributed by atoms with Gasteiger partial charge in [0, 0.05) is 26.2 Å². The van der Waals surface area contributed by atoms with E-state index in [1.54, 1.807) is 30.3 Å². The van der Waals surface area contributed by atoms with Crippen LogP contribution in [-0.2, 0) is 16.6 Å². The van der Waals surface area contributed by atoms with Gasteiger partial charge in [-0.25, -0.2) is 12.7 Å². The van der Waals surface area contributed by atoms with Gasteiger partial charge in [-0.15, -0.1) is 0 Å². The number of hydrogen-bond donors (Lipinski definition) is 1. The van der Waals surface area contributed by atoms with Gasteiger partial charge >= 0.3 is 0 Å². The molecule has 0 aliphatic heterocycles. The van der Waals surface area contributed by atoms with Crippen molar-refractivity contribution in [2.45, 2.75) is 25.3 Å². The Morgan fingerprint density at radius 2 is 1.71 bits per heavy atom. The summed E-state index contributed by atoms with van der Waals surface area (Å²) in [6.45, 7) is 4.00. The van der Waals surface area contributed by atoms with Crippen molar-refractivity contribution in [1.82, 2.24) is 9.62 Å². The Labute approximate surface area is 143 Å². The van der Waals surface area contributed by atoms with Crippen molar-refractivity contribution >= 4 is 15.9 Å². The Bertz CT molecular complexity index is 858. The van der Waals surface area contributed by atoms with E-state index < -0.39 is 10.0 Å². The van der Waals surface area contributed by atoms with Gasteiger partial charge in [-0.3, -0.25) is 4.79 Å². The van der Waals surface area contributed by atoms with Gasteiger partial charge in [0.2, 0.25) is 10.0 Å². The maximum Gasteiger partial charge on any atom is 0.251 e. The van der Waals surface area contributed by atoms with Gasteiger partial charge in [-0.1, -0.05) is 30.3 Å². The fourth-order valence-corrected chi connectivity index (χ4v) is 3.48. The second kappa shape index (κ2) is 7.15. The second-order valence-corrected chi connectivity index (χ2v) is 7.95. The van der Waals surface area contributed by atoms with Crippen LogP contribution in [0, 0.1) is 13.8 Å². The van der Waals surface area contributed by atoms with Crippen LogP contribution in [0.5, 0.6) is 0 Å². The highest BCUT2D eigenvalue weighted by atomic mass is 32.2. The zero-order valence-electron chi connectivity index (χ0n) is 14.3. The van der Waals surface area contributed by atoms with E-state index in [2.05, 4.69) is 5.32 Å². The van der Waals surface area contributed by atoms with E-state index in [0.29, 0.717) is 11.1 Å². The van der Waals surface area contributed by atoms with Gasteiger partial charge in [0.25, 0.3) is 5.91 Å². The molecule has 1 N–H and O–H groups in total. The average molecular weight is 346 g/mol. The first kappa shape index (κ1) is 18.2. The minimum atomic E-state index is -3.55. The Kier molecular flexibility index (Phi) is 5.41. The predicted octanol–water partition coefficient (Wildman–Crippen LogP) is 2.48. The molecule has 1 amide bonds. The second-order valence-electron chi connectivity index (χ2n) is 5.83. The molecule has 2 rings (SSSR count). The molecule has 0 saturated heterocycles. The van der Waals surface area contributed by atoms with E-state index in [0.717, 1.165) is 11.1 Å². The first-order valence-electron chi connectivity index (χ1n) is 7.60. The quantitative estimate of drug-likeness (QED) is 0.904. The number of benzene rings is 2. The summed E-state index contributed by atoms with van der Waals surface area (Å²) in [5, 5.41) is 2.81. The monoisotopic (exact) mass is 346 g/mol. The van der Waals surface area contributed by atoms with Crippen molar-refractivity contribution in [3.8, 4) is 0 Å². The molecule has 0 fully saturated rings. The van der Waals surface area contributed by atoms with Crippen molar-refractivity contribution < 1.29 is 13.2 Å². The van der Waals surface area contributed by atoms with Crippen molar-refractivity contribution in [3.05, 3.63) is 64.7 Å². The zero-order chi connectivity index (χ0) is 17.9. The fraction of sp³-hybridized carbons (Fsp3) is 0.278. The molecule has 0 heterocycles. The lowest BCUT2D eigenvalue weighted by Crippen LogP contribution is -2.27. The molecule has 0 aliphatic carbocycles. The first-order valence-corrected chi connectivity index (χ1v) is 9.04. The van der Waals surface area contributed by atoms with Crippen LogP contribution in [0.15, 0.2) is 47.4 Å². The lowest BCUT2D eigenvalue weighted by molar-refractivity contribution is 0.0950. The molecule has 0 atom stereocenters. The topological polar surface area (TPSA) is 66.5 Å². The van der Waals surface area contributed by atoms with Gasteiger partial charge < -0.3 is 5.32 Å². The van der Waals surface area contributed by atoms with Crippen LogP contribution < -0.4 is 5.32 Å². The normalized spacial score (nSPS) is 11.5. The van der Waals surface area contributed by atoms with Crippen LogP contribution in [0.1, 0.15) is 27.0 Å². The van der Waals surface area contributed by atoms with Crippen LogP contribution in [-0.4, -0.2) is 32.7 Å². The molecule has 128 valence electrons. The van der Waals surface area contributed by atoms with Gasteiger partial charge in [-0.05, 0) is 42.7 Å². The van der Waals surface area contributed by atoms with Crippen molar-refractivity contribution in [3.63, 3.8) is 0 Å². The number of nitrogens with one attached hydrogen (secondary N) is 1. The lowest BCUT2D eigenvalue weighted by Gasteiger charge is -2.16. The van der Waals surface area contributed by atoms with E-state index in [4.69, 9.17) is 0 Å². The molecule has 0 aromatic heterocycles. The molecule has 0 aliphatic rings. The van der Waals surface area contributed by atoms with Crippen LogP contribution in [0.2, 0.25) is 0 Å². The molecular formula is C18H22N2O3S. The number of aryl methyl sites for hydroxylation is 1. The summed E-state index contributed by atoms with van der Waals surface area (Å²) in [7, 11) is -0.579. The fourth-order valence-electron chi connectivity index (χ4n) is 2.37. The number of nitrogens with zero attached hydrogens (tertiary/aromatic N) is 1. The third-order valence-corrected chi connectivity index (χ3v) is 5.94. The highest BCUT2D eigenvalue weighted by Gasteiger charge is 2.21. The Balaban J connectivity index is 2.25. The van der Waals surface area contributed by atoms with E-state index in [9.17, 15) is 13.2 Å². The van der Waals surface area contributed by atoms with Crippen LogP contribution >= 0.6 is 0 Å². The Morgan fingerprint density at radius 3 is 2.38 bits per heavy atom. The predicted molar refractivity (Wildman–Crippen MR) is 94.4 cm³/mol. The molecule has 6 heteroatoms. The number of carbonyl (C=O) groups is 1. The molecule has 2 aromatic carbocycles. The van der Waals surface area contributed by atoms with Crippen LogP contribution in [0.3, 0.4) is 0 Å². The summed E-state index contributed by atoms with van der Waals surface area (Å²) in [5.41, 5.74) is 3.12. The van der Waals surface area contributed by atoms with Crippen LogP contribution in [0.4, 0.5) is 0 Å².